The van der Waals surface area contributed by atoms with E-state index in [1.807, 2.05) is 12.3 Å². The second kappa shape index (κ2) is 3.90. The number of nitrogens with two attached hydrogens (primary N) is 1. The van der Waals surface area contributed by atoms with E-state index in [0.29, 0.717) is 5.82 Å². The van der Waals surface area contributed by atoms with Gasteiger partial charge in [0, 0.05) is 25.4 Å². The Morgan fingerprint density at radius 1 is 1.42 bits per heavy atom. The molecule has 0 aliphatic carbocycles. The predicted molar refractivity (Wildman–Crippen MR) is 49.5 cm³/mol. The fourth-order valence-corrected chi connectivity index (χ4v) is 1.20. The number of allylic oxidation sites excluding steroid dienone is 1. The van der Waals surface area contributed by atoms with Gasteiger partial charge >= 0.3 is 0 Å². The Kier molecular flexibility index (Phi) is 2.85. The van der Waals surface area contributed by atoms with E-state index in [-0.39, 0.29) is 0 Å². The molecule has 0 amide bonds. The van der Waals surface area contributed by atoms with Crippen molar-refractivity contribution < 1.29 is 0 Å². The molecule has 68 valence electrons. The third-order valence-corrected chi connectivity index (χ3v) is 1.87. The van der Waals surface area contributed by atoms with Crippen LogP contribution < -0.4 is 16.6 Å². The van der Waals surface area contributed by atoms with E-state index in [1.54, 1.807) is 0 Å². The van der Waals surface area contributed by atoms with E-state index >= 15 is 0 Å². The SMILES string of the molecule is CCN(CC)C1=CNNC(N)=C1. The first-order valence-corrected chi connectivity index (χ1v) is 4.21. The number of nitrogens with one attached hydrogen (secondary N) is 2. The normalized spacial score (nSPS) is 15.5. The predicted octanol–water partition coefficient (Wildman–Crippen LogP) is 0.0775. The lowest BCUT2D eigenvalue weighted by molar-refractivity contribution is 0.386. The Morgan fingerprint density at radius 3 is 2.58 bits per heavy atom. The molecule has 4 N–H and O–H groups in total. The minimum atomic E-state index is 0.652. The van der Waals surface area contributed by atoms with Crippen LogP contribution >= 0.6 is 0 Å². The van der Waals surface area contributed by atoms with Crippen molar-refractivity contribution in [3.63, 3.8) is 0 Å². The van der Waals surface area contributed by atoms with Crippen molar-refractivity contribution in [3.8, 4) is 0 Å². The summed E-state index contributed by atoms with van der Waals surface area (Å²) in [5, 5.41) is 0. The van der Waals surface area contributed by atoms with Crippen molar-refractivity contribution in [2.75, 3.05) is 13.1 Å². The van der Waals surface area contributed by atoms with Crippen LogP contribution in [-0.4, -0.2) is 18.0 Å². The van der Waals surface area contributed by atoms with Crippen LogP contribution in [0.3, 0.4) is 0 Å². The monoisotopic (exact) mass is 168 g/mol. The summed E-state index contributed by atoms with van der Waals surface area (Å²) >= 11 is 0. The molecule has 0 radical (unpaired) electrons. The van der Waals surface area contributed by atoms with E-state index in [4.69, 9.17) is 5.73 Å². The average Bonchev–Trinajstić information content (AvgIpc) is 2.07. The number of likely N-dealkylation sites (N-methyl/N-ethyl adjacent to an activating group) is 1. The van der Waals surface area contributed by atoms with E-state index in [9.17, 15) is 0 Å². The number of rotatable bonds is 3. The maximum atomic E-state index is 5.59. The van der Waals surface area contributed by atoms with Gasteiger partial charge in [0.25, 0.3) is 0 Å². The Hall–Kier alpha value is -1.32. The van der Waals surface area contributed by atoms with Crippen LogP contribution in [0.15, 0.2) is 23.8 Å². The zero-order valence-corrected chi connectivity index (χ0v) is 7.59. The van der Waals surface area contributed by atoms with Crippen molar-refractivity contribution in [1.82, 2.24) is 15.8 Å². The molecule has 4 heteroatoms. The molecule has 0 unspecified atom stereocenters. The third kappa shape index (κ3) is 1.84. The van der Waals surface area contributed by atoms with Crippen LogP contribution in [0.25, 0.3) is 0 Å². The van der Waals surface area contributed by atoms with Crippen LogP contribution in [0.4, 0.5) is 0 Å². The highest BCUT2D eigenvalue weighted by molar-refractivity contribution is 5.22. The van der Waals surface area contributed by atoms with E-state index in [1.165, 1.54) is 0 Å². The van der Waals surface area contributed by atoms with Crippen LogP contribution in [-0.2, 0) is 0 Å². The molecule has 0 bridgehead atoms. The van der Waals surface area contributed by atoms with Crippen LogP contribution in [0.1, 0.15) is 13.8 Å². The van der Waals surface area contributed by atoms with Gasteiger partial charge in [0.1, 0.15) is 5.82 Å². The largest absolute Gasteiger partial charge is 0.384 e. The number of hydrogen-bond donors (Lipinski definition) is 3. The molecule has 0 fully saturated rings. The Morgan fingerprint density at radius 2 is 2.08 bits per heavy atom. The fraction of sp³-hybridized carbons (Fsp3) is 0.500. The van der Waals surface area contributed by atoms with Crippen LogP contribution in [0, 0.1) is 0 Å². The number of hydrazine groups is 1. The van der Waals surface area contributed by atoms with Gasteiger partial charge in [0.15, 0.2) is 0 Å². The van der Waals surface area contributed by atoms with Crippen molar-refractivity contribution in [2.24, 2.45) is 5.73 Å². The summed E-state index contributed by atoms with van der Waals surface area (Å²) in [6.07, 6.45) is 3.83. The molecular weight excluding hydrogens is 152 g/mol. The molecule has 4 nitrogen and oxygen atoms in total. The molecular formula is C8H16N4. The van der Waals surface area contributed by atoms with Crippen molar-refractivity contribution >= 4 is 0 Å². The smallest absolute Gasteiger partial charge is 0.117 e. The maximum absolute atomic E-state index is 5.59. The fourth-order valence-electron chi connectivity index (χ4n) is 1.20. The van der Waals surface area contributed by atoms with Gasteiger partial charge in [-0.05, 0) is 13.8 Å². The number of nitrogens with zero attached hydrogens (tertiary/aromatic N) is 1. The summed E-state index contributed by atoms with van der Waals surface area (Å²) < 4.78 is 0. The highest BCUT2D eigenvalue weighted by atomic mass is 15.4. The van der Waals surface area contributed by atoms with Crippen LogP contribution in [0.2, 0.25) is 0 Å². The van der Waals surface area contributed by atoms with Gasteiger partial charge in [-0.3, -0.25) is 5.43 Å². The molecule has 0 spiro atoms. The minimum Gasteiger partial charge on any atom is -0.384 e. The molecule has 0 saturated carbocycles. The first-order valence-electron chi connectivity index (χ1n) is 4.21. The summed E-state index contributed by atoms with van der Waals surface area (Å²) in [6, 6.07) is 0. The topological polar surface area (TPSA) is 53.3 Å². The van der Waals surface area contributed by atoms with E-state index in [2.05, 4.69) is 29.6 Å². The highest BCUT2D eigenvalue weighted by Crippen LogP contribution is 2.06. The lowest BCUT2D eigenvalue weighted by Gasteiger charge is -2.25. The Balaban J connectivity index is 2.67. The van der Waals surface area contributed by atoms with Crippen molar-refractivity contribution in [1.29, 1.82) is 0 Å². The molecule has 0 saturated heterocycles. The second-order valence-electron chi connectivity index (χ2n) is 2.61. The second-order valence-corrected chi connectivity index (χ2v) is 2.61. The van der Waals surface area contributed by atoms with Gasteiger partial charge in [-0.2, -0.15) is 0 Å². The minimum absolute atomic E-state index is 0.652. The van der Waals surface area contributed by atoms with E-state index < -0.39 is 0 Å². The lowest BCUT2D eigenvalue weighted by atomic mass is 10.3. The third-order valence-electron chi connectivity index (χ3n) is 1.87. The summed E-state index contributed by atoms with van der Waals surface area (Å²) in [6.45, 7) is 6.23. The zero-order chi connectivity index (χ0) is 8.97. The Bertz CT molecular complexity index is 203. The first kappa shape index (κ1) is 8.77. The summed E-state index contributed by atoms with van der Waals surface area (Å²) in [5.41, 5.74) is 12.4. The standard InChI is InChI=1S/C8H16N4/c1-3-12(4-2)7-5-8(9)11-10-6-7/h5-6,10-11H,3-4,9H2,1-2H3. The average molecular weight is 168 g/mol. The first-order chi connectivity index (χ1) is 5.77. The van der Waals surface area contributed by atoms with Gasteiger partial charge in [-0.1, -0.05) is 0 Å². The molecule has 0 aromatic carbocycles. The molecule has 1 rings (SSSR count). The van der Waals surface area contributed by atoms with Gasteiger partial charge in [0.2, 0.25) is 0 Å². The molecule has 0 atom stereocenters. The van der Waals surface area contributed by atoms with Gasteiger partial charge in [-0.25, -0.2) is 0 Å². The molecule has 0 aromatic heterocycles. The van der Waals surface area contributed by atoms with Gasteiger partial charge < -0.3 is 16.1 Å². The summed E-state index contributed by atoms with van der Waals surface area (Å²) in [4.78, 5) is 2.22. The Labute approximate surface area is 73.1 Å². The quantitative estimate of drug-likeness (QED) is 0.558. The highest BCUT2D eigenvalue weighted by Gasteiger charge is 2.06. The lowest BCUT2D eigenvalue weighted by Crippen LogP contribution is -2.36. The molecule has 1 heterocycles. The molecule has 1 aliphatic heterocycles. The maximum Gasteiger partial charge on any atom is 0.117 e. The van der Waals surface area contributed by atoms with Crippen LogP contribution in [0.5, 0.6) is 0 Å². The zero-order valence-electron chi connectivity index (χ0n) is 7.59. The van der Waals surface area contributed by atoms with Gasteiger partial charge in [0.05, 0.1) is 5.70 Å². The van der Waals surface area contributed by atoms with Crippen molar-refractivity contribution in [2.45, 2.75) is 13.8 Å². The van der Waals surface area contributed by atoms with Gasteiger partial charge in [-0.15, -0.1) is 0 Å². The number of hydrogen-bond acceptors (Lipinski definition) is 4. The molecule has 0 aromatic rings. The summed E-state index contributed by atoms with van der Waals surface area (Å²) in [5.74, 6) is 0.652. The summed E-state index contributed by atoms with van der Waals surface area (Å²) in [7, 11) is 0. The van der Waals surface area contributed by atoms with Crippen molar-refractivity contribution in [3.05, 3.63) is 23.8 Å². The van der Waals surface area contributed by atoms with E-state index in [0.717, 1.165) is 18.8 Å². The molecule has 12 heavy (non-hydrogen) atoms. The molecule has 1 aliphatic rings.